The predicted molar refractivity (Wildman–Crippen MR) is 57.5 cm³/mol. The van der Waals surface area contributed by atoms with Gasteiger partial charge in [0.15, 0.2) is 12.1 Å². The van der Waals surface area contributed by atoms with Crippen LogP contribution in [0.4, 0.5) is 0 Å². The lowest BCUT2D eigenvalue weighted by atomic mass is 10.1. The number of ether oxygens (including phenoxy) is 3. The van der Waals surface area contributed by atoms with Crippen LogP contribution < -0.4 is 0 Å². The SMILES string of the molecule is CCCCC[C@@H]1C[C@H]2OC(C)(C)O[C@H]2O1. The van der Waals surface area contributed by atoms with Crippen molar-refractivity contribution in [3.8, 4) is 0 Å². The Kier molecular flexibility index (Phi) is 3.33. The Balaban J connectivity index is 1.74. The van der Waals surface area contributed by atoms with E-state index in [1.54, 1.807) is 0 Å². The highest BCUT2D eigenvalue weighted by Crippen LogP contribution is 2.38. The molecule has 3 atom stereocenters. The second-order valence-corrected chi connectivity index (χ2v) is 5.03. The summed E-state index contributed by atoms with van der Waals surface area (Å²) in [6.07, 6.45) is 6.35. The minimum absolute atomic E-state index is 0.119. The molecule has 0 aliphatic carbocycles. The molecule has 2 aliphatic rings. The Morgan fingerprint density at radius 2 is 2.00 bits per heavy atom. The molecule has 88 valence electrons. The van der Waals surface area contributed by atoms with Gasteiger partial charge in [0, 0.05) is 6.42 Å². The van der Waals surface area contributed by atoms with E-state index < -0.39 is 5.79 Å². The first kappa shape index (κ1) is 11.4. The van der Waals surface area contributed by atoms with Gasteiger partial charge in [0.2, 0.25) is 0 Å². The van der Waals surface area contributed by atoms with Crippen LogP contribution in [-0.4, -0.2) is 24.3 Å². The molecule has 3 heteroatoms. The van der Waals surface area contributed by atoms with Crippen LogP contribution in [-0.2, 0) is 14.2 Å². The lowest BCUT2D eigenvalue weighted by molar-refractivity contribution is -0.205. The van der Waals surface area contributed by atoms with Gasteiger partial charge in [-0.1, -0.05) is 26.2 Å². The summed E-state index contributed by atoms with van der Waals surface area (Å²) in [6.45, 7) is 6.11. The Hall–Kier alpha value is -0.120. The second kappa shape index (κ2) is 4.40. The molecule has 15 heavy (non-hydrogen) atoms. The zero-order chi connectivity index (χ0) is 10.9. The highest BCUT2D eigenvalue weighted by Gasteiger charge is 2.48. The van der Waals surface area contributed by atoms with Gasteiger partial charge in [0.05, 0.1) is 6.10 Å². The third-order valence-electron chi connectivity index (χ3n) is 3.09. The first-order chi connectivity index (χ1) is 7.11. The lowest BCUT2D eigenvalue weighted by Crippen LogP contribution is -2.24. The maximum Gasteiger partial charge on any atom is 0.187 e. The fourth-order valence-corrected chi connectivity index (χ4v) is 2.39. The second-order valence-electron chi connectivity index (χ2n) is 5.03. The van der Waals surface area contributed by atoms with Crippen molar-refractivity contribution < 1.29 is 14.2 Å². The maximum absolute atomic E-state index is 5.82. The van der Waals surface area contributed by atoms with Crippen LogP contribution in [0.15, 0.2) is 0 Å². The van der Waals surface area contributed by atoms with Crippen LogP contribution in [0.25, 0.3) is 0 Å². The normalized spacial score (nSPS) is 38.2. The van der Waals surface area contributed by atoms with E-state index in [1.807, 2.05) is 13.8 Å². The number of hydrogen-bond donors (Lipinski definition) is 0. The molecule has 2 heterocycles. The molecule has 0 amide bonds. The summed E-state index contributed by atoms with van der Waals surface area (Å²) in [5, 5.41) is 0. The van der Waals surface area contributed by atoms with Crippen molar-refractivity contribution in [2.45, 2.75) is 77.2 Å². The molecule has 0 saturated carbocycles. The predicted octanol–water partition coefficient (Wildman–Crippen LogP) is 2.83. The van der Waals surface area contributed by atoms with Gasteiger partial charge in [-0.2, -0.15) is 0 Å². The van der Waals surface area contributed by atoms with Crippen LogP contribution in [0.5, 0.6) is 0 Å². The summed E-state index contributed by atoms with van der Waals surface area (Å²) in [7, 11) is 0. The zero-order valence-electron chi connectivity index (χ0n) is 9.99. The first-order valence-electron chi connectivity index (χ1n) is 6.12. The molecule has 3 nitrogen and oxygen atoms in total. The Morgan fingerprint density at radius 3 is 2.67 bits per heavy atom. The zero-order valence-corrected chi connectivity index (χ0v) is 9.99. The topological polar surface area (TPSA) is 27.7 Å². The van der Waals surface area contributed by atoms with Crippen LogP contribution in [0.3, 0.4) is 0 Å². The van der Waals surface area contributed by atoms with Crippen LogP contribution in [0.1, 0.15) is 52.9 Å². The van der Waals surface area contributed by atoms with Crippen molar-refractivity contribution in [3.63, 3.8) is 0 Å². The summed E-state index contributed by atoms with van der Waals surface area (Å²) in [5.41, 5.74) is 0. The number of fused-ring (bicyclic) bond motifs is 1. The van der Waals surface area contributed by atoms with E-state index >= 15 is 0 Å². The highest BCUT2D eigenvalue weighted by atomic mass is 16.8. The molecule has 2 rings (SSSR count). The molecule has 0 bridgehead atoms. The van der Waals surface area contributed by atoms with E-state index in [9.17, 15) is 0 Å². The van der Waals surface area contributed by atoms with Gasteiger partial charge in [-0.05, 0) is 20.3 Å². The molecular formula is C12H22O3. The molecule has 2 fully saturated rings. The fourth-order valence-electron chi connectivity index (χ4n) is 2.39. The summed E-state index contributed by atoms with van der Waals surface area (Å²) in [6, 6.07) is 0. The molecule has 2 aliphatic heterocycles. The summed E-state index contributed by atoms with van der Waals surface area (Å²) < 4.78 is 17.2. The van der Waals surface area contributed by atoms with E-state index in [1.165, 1.54) is 19.3 Å². The molecule has 0 spiro atoms. The van der Waals surface area contributed by atoms with Gasteiger partial charge in [-0.3, -0.25) is 0 Å². The van der Waals surface area contributed by atoms with E-state index in [4.69, 9.17) is 14.2 Å². The quantitative estimate of drug-likeness (QED) is 0.673. The van der Waals surface area contributed by atoms with Crippen molar-refractivity contribution in [1.82, 2.24) is 0 Å². The Labute approximate surface area is 92.1 Å². The monoisotopic (exact) mass is 214 g/mol. The molecular weight excluding hydrogens is 192 g/mol. The average Bonchev–Trinajstić information content (AvgIpc) is 2.58. The fraction of sp³-hybridized carbons (Fsp3) is 1.00. The third-order valence-corrected chi connectivity index (χ3v) is 3.09. The molecule has 2 saturated heterocycles. The molecule has 0 aromatic rings. The molecule has 0 radical (unpaired) electrons. The standard InChI is InChI=1S/C12H22O3/c1-4-5-6-7-9-8-10-11(13-9)15-12(2,3)14-10/h9-11H,4-8H2,1-3H3/t9-,10-,11-/m1/s1. The average molecular weight is 214 g/mol. The number of unbranched alkanes of at least 4 members (excludes halogenated alkanes) is 2. The van der Waals surface area contributed by atoms with Gasteiger partial charge in [-0.15, -0.1) is 0 Å². The van der Waals surface area contributed by atoms with Gasteiger partial charge in [0.25, 0.3) is 0 Å². The molecule has 0 N–H and O–H groups in total. The van der Waals surface area contributed by atoms with Crippen LogP contribution in [0.2, 0.25) is 0 Å². The Bertz CT molecular complexity index is 199. The van der Waals surface area contributed by atoms with E-state index in [0.717, 1.165) is 12.8 Å². The minimum Gasteiger partial charge on any atom is -0.346 e. The third kappa shape index (κ3) is 2.71. The van der Waals surface area contributed by atoms with E-state index in [-0.39, 0.29) is 12.4 Å². The van der Waals surface area contributed by atoms with Crippen molar-refractivity contribution in [2.75, 3.05) is 0 Å². The largest absolute Gasteiger partial charge is 0.346 e. The molecule has 0 unspecified atom stereocenters. The van der Waals surface area contributed by atoms with Gasteiger partial charge in [-0.25, -0.2) is 0 Å². The van der Waals surface area contributed by atoms with Gasteiger partial charge in [0.1, 0.15) is 6.10 Å². The maximum atomic E-state index is 5.82. The number of rotatable bonds is 4. The summed E-state index contributed by atoms with van der Waals surface area (Å²) >= 11 is 0. The molecule has 0 aromatic carbocycles. The van der Waals surface area contributed by atoms with Crippen LogP contribution >= 0.6 is 0 Å². The number of hydrogen-bond acceptors (Lipinski definition) is 3. The van der Waals surface area contributed by atoms with Crippen molar-refractivity contribution >= 4 is 0 Å². The summed E-state index contributed by atoms with van der Waals surface area (Å²) in [4.78, 5) is 0. The first-order valence-corrected chi connectivity index (χ1v) is 6.12. The lowest BCUT2D eigenvalue weighted by Gasteiger charge is -2.20. The van der Waals surface area contributed by atoms with Crippen LogP contribution in [0, 0.1) is 0 Å². The van der Waals surface area contributed by atoms with Gasteiger partial charge < -0.3 is 14.2 Å². The van der Waals surface area contributed by atoms with Crippen molar-refractivity contribution in [3.05, 3.63) is 0 Å². The van der Waals surface area contributed by atoms with Gasteiger partial charge >= 0.3 is 0 Å². The minimum atomic E-state index is -0.455. The summed E-state index contributed by atoms with van der Waals surface area (Å²) in [5.74, 6) is -0.455. The molecule has 0 aromatic heterocycles. The van der Waals surface area contributed by atoms with E-state index in [0.29, 0.717) is 6.10 Å². The Morgan fingerprint density at radius 1 is 1.20 bits per heavy atom. The van der Waals surface area contributed by atoms with E-state index in [2.05, 4.69) is 6.92 Å². The smallest absolute Gasteiger partial charge is 0.187 e. The van der Waals surface area contributed by atoms with Crippen molar-refractivity contribution in [2.24, 2.45) is 0 Å². The highest BCUT2D eigenvalue weighted by molar-refractivity contribution is 4.84. The van der Waals surface area contributed by atoms with Crippen molar-refractivity contribution in [1.29, 1.82) is 0 Å².